The molecule has 0 saturated carbocycles. The lowest BCUT2D eigenvalue weighted by Crippen LogP contribution is -2.35. The summed E-state index contributed by atoms with van der Waals surface area (Å²) in [5.74, 6) is -0.0122. The van der Waals surface area contributed by atoms with Crippen LogP contribution in [0.2, 0.25) is 0 Å². The topological polar surface area (TPSA) is 58.1 Å². The molecule has 28 heavy (non-hydrogen) atoms. The second-order valence-electron chi connectivity index (χ2n) is 7.40. The Kier molecular flexibility index (Phi) is 4.73. The molecule has 0 radical (unpaired) electrons. The van der Waals surface area contributed by atoms with Gasteiger partial charge in [-0.05, 0) is 31.2 Å². The Morgan fingerprint density at radius 3 is 2.93 bits per heavy atom. The molecule has 1 aromatic carbocycles. The molecule has 142 valence electrons. The number of nitrogens with zero attached hydrogens (tertiary/aromatic N) is 3. The van der Waals surface area contributed by atoms with Crippen molar-refractivity contribution in [2.75, 3.05) is 19.4 Å². The van der Waals surface area contributed by atoms with Gasteiger partial charge in [-0.25, -0.2) is 4.98 Å². The molecule has 0 saturated heterocycles. The van der Waals surface area contributed by atoms with Gasteiger partial charge in [0, 0.05) is 49.9 Å². The predicted molar refractivity (Wildman–Crippen MR) is 115 cm³/mol. The Morgan fingerprint density at radius 2 is 2.14 bits per heavy atom. The monoisotopic (exact) mass is 390 g/mol. The van der Waals surface area contributed by atoms with E-state index in [4.69, 9.17) is 0 Å². The van der Waals surface area contributed by atoms with Gasteiger partial charge in [0.25, 0.3) is 0 Å². The van der Waals surface area contributed by atoms with Gasteiger partial charge in [0.1, 0.15) is 5.01 Å². The number of thiazole rings is 1. The summed E-state index contributed by atoms with van der Waals surface area (Å²) in [5.41, 5.74) is 3.25. The molecule has 1 unspecified atom stereocenters. The number of anilines is 1. The van der Waals surface area contributed by atoms with Crippen molar-refractivity contribution in [2.24, 2.45) is 5.41 Å². The highest BCUT2D eigenvalue weighted by atomic mass is 32.1. The number of benzene rings is 1. The molecule has 1 atom stereocenters. The smallest absolute Gasteiger partial charge is 0.234 e. The number of rotatable bonds is 4. The first-order valence-corrected chi connectivity index (χ1v) is 9.94. The third-order valence-corrected chi connectivity index (χ3v) is 6.01. The number of hydrogen-bond donors (Lipinski definition) is 1. The van der Waals surface area contributed by atoms with Gasteiger partial charge in [0.2, 0.25) is 5.91 Å². The van der Waals surface area contributed by atoms with E-state index in [2.05, 4.69) is 26.3 Å². The average Bonchev–Trinajstić information content (AvgIpc) is 3.12. The first-order chi connectivity index (χ1) is 13.4. The van der Waals surface area contributed by atoms with Crippen molar-refractivity contribution in [3.63, 3.8) is 0 Å². The predicted octanol–water partition coefficient (Wildman–Crippen LogP) is 4.71. The molecule has 1 N–H and O–H groups in total. The van der Waals surface area contributed by atoms with Gasteiger partial charge in [0.15, 0.2) is 0 Å². The molecule has 1 aliphatic rings. The standard InChI is InChI=1S/C22H22N4OS/c1-22(10-5-8-17(13-22)26(2)3)21(27)24-16-7-4-6-15(12-16)20-25-18-9-11-23-14-19(18)28-20/h4-12,14H,13H2,1-3H3,(H,24,27). The van der Waals surface area contributed by atoms with Crippen LogP contribution in [0.15, 0.2) is 66.7 Å². The van der Waals surface area contributed by atoms with Crippen molar-refractivity contribution in [2.45, 2.75) is 13.3 Å². The fourth-order valence-corrected chi connectivity index (χ4v) is 4.17. The fraction of sp³-hybridized carbons (Fsp3) is 0.227. The van der Waals surface area contributed by atoms with Gasteiger partial charge in [-0.3, -0.25) is 9.78 Å². The summed E-state index contributed by atoms with van der Waals surface area (Å²) in [6.07, 6.45) is 10.2. The van der Waals surface area contributed by atoms with Crippen molar-refractivity contribution in [3.05, 3.63) is 66.7 Å². The highest BCUT2D eigenvalue weighted by Gasteiger charge is 2.33. The lowest BCUT2D eigenvalue weighted by molar-refractivity contribution is -0.122. The first-order valence-electron chi connectivity index (χ1n) is 9.13. The van der Waals surface area contributed by atoms with Crippen molar-refractivity contribution in [3.8, 4) is 10.6 Å². The van der Waals surface area contributed by atoms with E-state index in [0.29, 0.717) is 6.42 Å². The number of fused-ring (bicyclic) bond motifs is 1. The van der Waals surface area contributed by atoms with Gasteiger partial charge < -0.3 is 10.2 Å². The number of aromatic nitrogens is 2. The van der Waals surface area contributed by atoms with Crippen LogP contribution in [0.1, 0.15) is 13.3 Å². The van der Waals surface area contributed by atoms with Gasteiger partial charge in [0.05, 0.1) is 15.6 Å². The van der Waals surface area contributed by atoms with Crippen molar-refractivity contribution >= 4 is 33.1 Å². The highest BCUT2D eigenvalue weighted by molar-refractivity contribution is 7.21. The van der Waals surface area contributed by atoms with E-state index in [1.54, 1.807) is 17.5 Å². The van der Waals surface area contributed by atoms with E-state index in [9.17, 15) is 4.79 Å². The lowest BCUT2D eigenvalue weighted by atomic mass is 9.81. The molecular formula is C22H22N4OS. The minimum atomic E-state index is -0.577. The second kappa shape index (κ2) is 7.20. The van der Waals surface area contributed by atoms with Gasteiger partial charge >= 0.3 is 0 Å². The zero-order valence-electron chi connectivity index (χ0n) is 16.1. The highest BCUT2D eigenvalue weighted by Crippen LogP contribution is 2.34. The third-order valence-electron chi connectivity index (χ3n) is 4.95. The van der Waals surface area contributed by atoms with E-state index in [0.717, 1.165) is 32.2 Å². The van der Waals surface area contributed by atoms with Crippen LogP contribution in [0.3, 0.4) is 0 Å². The molecule has 4 rings (SSSR count). The van der Waals surface area contributed by atoms with Gasteiger partial charge in [-0.2, -0.15) is 0 Å². The minimum Gasteiger partial charge on any atom is -0.381 e. The quantitative estimate of drug-likeness (QED) is 0.701. The number of amides is 1. The molecular weight excluding hydrogens is 368 g/mol. The van der Waals surface area contributed by atoms with Gasteiger partial charge in [-0.15, -0.1) is 11.3 Å². The van der Waals surface area contributed by atoms with Crippen LogP contribution in [-0.4, -0.2) is 34.9 Å². The van der Waals surface area contributed by atoms with E-state index < -0.39 is 5.41 Å². The Balaban J connectivity index is 1.56. The molecule has 1 aliphatic carbocycles. The molecule has 5 nitrogen and oxygen atoms in total. The molecule has 2 aromatic heterocycles. The normalized spacial score (nSPS) is 18.8. The maximum absolute atomic E-state index is 13.0. The molecule has 6 heteroatoms. The molecule has 1 amide bonds. The maximum Gasteiger partial charge on any atom is 0.234 e. The Labute approximate surface area is 168 Å². The second-order valence-corrected chi connectivity index (χ2v) is 8.43. The summed E-state index contributed by atoms with van der Waals surface area (Å²) < 4.78 is 1.05. The van der Waals surface area contributed by atoms with Crippen LogP contribution in [-0.2, 0) is 4.79 Å². The van der Waals surface area contributed by atoms with Crippen LogP contribution in [0, 0.1) is 5.41 Å². The van der Waals surface area contributed by atoms with Crippen LogP contribution in [0.25, 0.3) is 20.8 Å². The van der Waals surface area contributed by atoms with Crippen LogP contribution >= 0.6 is 11.3 Å². The lowest BCUT2D eigenvalue weighted by Gasteiger charge is -2.31. The number of nitrogens with one attached hydrogen (secondary N) is 1. The number of hydrogen-bond acceptors (Lipinski definition) is 5. The average molecular weight is 391 g/mol. The zero-order valence-corrected chi connectivity index (χ0v) is 17.0. The molecule has 0 bridgehead atoms. The molecule has 0 aliphatic heterocycles. The fourth-order valence-electron chi connectivity index (χ4n) is 3.24. The summed E-state index contributed by atoms with van der Waals surface area (Å²) in [7, 11) is 4.00. The largest absolute Gasteiger partial charge is 0.381 e. The van der Waals surface area contributed by atoms with E-state index in [-0.39, 0.29) is 5.91 Å². The van der Waals surface area contributed by atoms with E-state index in [1.165, 1.54) is 0 Å². The third kappa shape index (κ3) is 3.55. The minimum absolute atomic E-state index is 0.0122. The molecule has 3 aromatic rings. The zero-order chi connectivity index (χ0) is 19.7. The van der Waals surface area contributed by atoms with Crippen molar-refractivity contribution in [1.29, 1.82) is 0 Å². The van der Waals surface area contributed by atoms with Crippen LogP contribution in [0.4, 0.5) is 5.69 Å². The molecule has 2 heterocycles. The number of allylic oxidation sites excluding steroid dienone is 3. The Hall–Kier alpha value is -2.99. The first kappa shape index (κ1) is 18.4. The summed E-state index contributed by atoms with van der Waals surface area (Å²) >= 11 is 1.60. The van der Waals surface area contributed by atoms with Gasteiger partial charge in [-0.1, -0.05) is 24.3 Å². The number of pyridine rings is 1. The SMILES string of the molecule is CN(C)C1=CC=CC(C)(C(=O)Nc2cccc(-c3nc4ccncc4s3)c2)C1. The maximum atomic E-state index is 13.0. The Morgan fingerprint density at radius 1 is 1.29 bits per heavy atom. The summed E-state index contributed by atoms with van der Waals surface area (Å²) in [4.78, 5) is 23.9. The molecule has 0 fully saturated rings. The van der Waals surface area contributed by atoms with Crippen molar-refractivity contribution in [1.82, 2.24) is 14.9 Å². The summed E-state index contributed by atoms with van der Waals surface area (Å²) in [5, 5.41) is 4.00. The summed E-state index contributed by atoms with van der Waals surface area (Å²) in [6.45, 7) is 1.97. The van der Waals surface area contributed by atoms with E-state index in [1.807, 2.05) is 69.7 Å². The Bertz CT molecular complexity index is 1070. The van der Waals surface area contributed by atoms with Crippen molar-refractivity contribution < 1.29 is 4.79 Å². The number of carbonyl (C=O) groups excluding carboxylic acids is 1. The van der Waals surface area contributed by atoms with E-state index >= 15 is 0 Å². The van der Waals surface area contributed by atoms with Crippen LogP contribution in [0.5, 0.6) is 0 Å². The molecule has 0 spiro atoms. The number of carbonyl (C=O) groups is 1. The van der Waals surface area contributed by atoms with Crippen LogP contribution < -0.4 is 5.32 Å². The summed E-state index contributed by atoms with van der Waals surface area (Å²) in [6, 6.07) is 9.75.